The highest BCUT2D eigenvalue weighted by Gasteiger charge is 2.33. The first kappa shape index (κ1) is 44.5. The summed E-state index contributed by atoms with van der Waals surface area (Å²) >= 11 is 3.40. The van der Waals surface area contributed by atoms with Crippen LogP contribution < -0.4 is 0 Å². The van der Waals surface area contributed by atoms with Crippen LogP contribution in [0.5, 0.6) is 0 Å². The zero-order valence-electron chi connectivity index (χ0n) is 31.9. The number of halogens is 7. The van der Waals surface area contributed by atoms with Gasteiger partial charge in [0.1, 0.15) is 0 Å². The standard InChI is InChI=1S/C20H19F3N4O.C17H14BrF3N4O.C3H7BO2/c21-20(22,23)17-7-1-13(2-8-17)11-16-6-5-15(14-3-4-14)12-18(16)19-24-26-27(25-19)9-10-28;18-14-6-3-12(9-11-1-4-13(5-2-11)17(19,20)21)15(10-14)16-22-24-25(23-16)7-8-26;5-4(6)3-1-2-3/h1-2,5-8,12,14,28H,3-4,9-11H2;1-6,10,26H,7-9H2;3,5-6H,1-2H2. The molecule has 0 amide bonds. The molecule has 12 nitrogen and oxygen atoms in total. The van der Waals surface area contributed by atoms with E-state index in [0.29, 0.717) is 30.4 Å². The van der Waals surface area contributed by atoms with Gasteiger partial charge in [-0.2, -0.15) is 35.9 Å². The predicted molar refractivity (Wildman–Crippen MR) is 212 cm³/mol. The van der Waals surface area contributed by atoms with Crippen LogP contribution in [0, 0.1) is 0 Å². The Morgan fingerprint density at radius 1 is 0.617 bits per heavy atom. The van der Waals surface area contributed by atoms with Gasteiger partial charge in [-0.1, -0.05) is 71.2 Å². The van der Waals surface area contributed by atoms with Crippen molar-refractivity contribution in [2.45, 2.75) is 75.7 Å². The molecule has 6 aromatic rings. The lowest BCUT2D eigenvalue weighted by Gasteiger charge is -2.11. The topological polar surface area (TPSA) is 168 Å². The molecule has 316 valence electrons. The summed E-state index contributed by atoms with van der Waals surface area (Å²) in [6.45, 7) is 0.293. The molecule has 2 aliphatic rings. The summed E-state index contributed by atoms with van der Waals surface area (Å²) in [6.07, 6.45) is -3.50. The molecule has 0 bridgehead atoms. The normalized spacial score (nSPS) is 13.9. The van der Waals surface area contributed by atoms with Gasteiger partial charge < -0.3 is 20.3 Å². The van der Waals surface area contributed by atoms with E-state index in [1.54, 1.807) is 0 Å². The van der Waals surface area contributed by atoms with Crippen molar-refractivity contribution < 1.29 is 46.6 Å². The third-order valence-corrected chi connectivity index (χ3v) is 10.1. The van der Waals surface area contributed by atoms with Crippen LogP contribution in [0.3, 0.4) is 0 Å². The lowest BCUT2D eigenvalue weighted by molar-refractivity contribution is -0.138. The van der Waals surface area contributed by atoms with E-state index < -0.39 is 30.6 Å². The van der Waals surface area contributed by atoms with Gasteiger partial charge in [-0.3, -0.25) is 0 Å². The van der Waals surface area contributed by atoms with E-state index in [1.165, 1.54) is 39.4 Å². The number of aliphatic hydroxyl groups excluding tert-OH is 2. The molecule has 2 saturated carbocycles. The molecule has 4 aromatic carbocycles. The minimum Gasteiger partial charge on any atom is -0.427 e. The molecule has 2 aliphatic carbocycles. The maximum atomic E-state index is 12.8. The third-order valence-electron chi connectivity index (χ3n) is 9.64. The summed E-state index contributed by atoms with van der Waals surface area (Å²) in [6, 6.07) is 21.9. The predicted octanol–water partition coefficient (Wildman–Crippen LogP) is 7.15. The van der Waals surface area contributed by atoms with Crippen LogP contribution in [0.1, 0.15) is 70.5 Å². The van der Waals surface area contributed by atoms with E-state index >= 15 is 0 Å². The summed E-state index contributed by atoms with van der Waals surface area (Å²) in [5.74, 6) is 1.61. The van der Waals surface area contributed by atoms with Gasteiger partial charge in [-0.25, -0.2) is 0 Å². The van der Waals surface area contributed by atoms with Crippen molar-refractivity contribution in [1.82, 2.24) is 40.4 Å². The van der Waals surface area contributed by atoms with Crippen molar-refractivity contribution in [2.75, 3.05) is 13.2 Å². The molecule has 2 fully saturated rings. The van der Waals surface area contributed by atoms with Crippen molar-refractivity contribution in [1.29, 1.82) is 0 Å². The minimum absolute atomic E-state index is 0.0870. The van der Waals surface area contributed by atoms with Crippen molar-refractivity contribution in [3.63, 3.8) is 0 Å². The number of rotatable bonds is 12. The number of alkyl halides is 6. The number of hydrogen-bond donors (Lipinski definition) is 4. The van der Waals surface area contributed by atoms with Gasteiger partial charge in [0.2, 0.25) is 11.6 Å². The van der Waals surface area contributed by atoms with Crippen LogP contribution in [0.4, 0.5) is 26.3 Å². The number of aromatic nitrogens is 8. The van der Waals surface area contributed by atoms with Gasteiger partial charge in [0, 0.05) is 15.6 Å². The van der Waals surface area contributed by atoms with Crippen molar-refractivity contribution in [3.8, 4) is 22.8 Å². The largest absolute Gasteiger partial charge is 0.454 e. The van der Waals surface area contributed by atoms with Gasteiger partial charge in [0.15, 0.2) is 0 Å². The second kappa shape index (κ2) is 19.6. The molecule has 0 spiro atoms. The Labute approximate surface area is 349 Å². The fourth-order valence-corrected chi connectivity index (χ4v) is 6.43. The molecule has 2 heterocycles. The Kier molecular flexibility index (Phi) is 14.5. The summed E-state index contributed by atoms with van der Waals surface area (Å²) in [5.41, 5.74) is 4.73. The Hall–Kier alpha value is -5.02. The Morgan fingerprint density at radius 2 is 1.07 bits per heavy atom. The van der Waals surface area contributed by atoms with Crippen LogP contribution in [-0.2, 0) is 38.3 Å². The molecular weight excluding hydrogens is 861 g/mol. The highest BCUT2D eigenvalue weighted by molar-refractivity contribution is 9.10. The van der Waals surface area contributed by atoms with E-state index in [2.05, 4.69) is 58.9 Å². The van der Waals surface area contributed by atoms with E-state index in [4.69, 9.17) is 20.3 Å². The summed E-state index contributed by atoms with van der Waals surface area (Å²) in [5, 5.41) is 59.0. The quantitative estimate of drug-likeness (QED) is 0.0732. The Bertz CT molecular complexity index is 2320. The molecule has 20 heteroatoms. The molecule has 0 unspecified atom stereocenters. The smallest absolute Gasteiger partial charge is 0.427 e. The van der Waals surface area contributed by atoms with Gasteiger partial charge >= 0.3 is 19.5 Å². The van der Waals surface area contributed by atoms with Gasteiger partial charge in [0.05, 0.1) is 37.4 Å². The van der Waals surface area contributed by atoms with Gasteiger partial charge in [-0.15, -0.1) is 20.4 Å². The van der Waals surface area contributed by atoms with E-state index in [-0.39, 0.29) is 32.1 Å². The SMILES string of the molecule is OB(O)C1CC1.OCCn1nnc(-c2cc(Br)ccc2Cc2ccc(C(F)(F)F)cc2)n1.OCCn1nnc(-c2cc(C3CC3)ccc2Cc2ccc(C(F)(F)F)cc2)n1. The zero-order valence-corrected chi connectivity index (χ0v) is 33.5. The number of hydrogen-bond acceptors (Lipinski definition) is 10. The number of aliphatic hydroxyl groups is 2. The van der Waals surface area contributed by atoms with Crippen molar-refractivity contribution in [3.05, 3.63) is 128 Å². The third kappa shape index (κ3) is 12.5. The first-order valence-corrected chi connectivity index (χ1v) is 19.8. The highest BCUT2D eigenvalue weighted by Crippen LogP contribution is 2.42. The van der Waals surface area contributed by atoms with Crippen molar-refractivity contribution in [2.24, 2.45) is 0 Å². The summed E-state index contributed by atoms with van der Waals surface area (Å²) in [4.78, 5) is 2.62. The van der Waals surface area contributed by atoms with Gasteiger partial charge in [0.25, 0.3) is 0 Å². The molecular formula is C40H40BBrF6N8O4. The molecule has 0 saturated heterocycles. The lowest BCUT2D eigenvalue weighted by Crippen LogP contribution is -2.09. The molecule has 4 N–H and O–H groups in total. The monoisotopic (exact) mass is 900 g/mol. The molecule has 2 aromatic heterocycles. The van der Waals surface area contributed by atoms with Gasteiger partial charge in [-0.05, 0) is 118 Å². The molecule has 8 rings (SSSR count). The Balaban J connectivity index is 0.000000177. The average molecular weight is 902 g/mol. The van der Waals surface area contributed by atoms with Crippen molar-refractivity contribution >= 4 is 23.0 Å². The van der Waals surface area contributed by atoms with E-state index in [1.807, 2.05) is 24.3 Å². The van der Waals surface area contributed by atoms with E-state index in [0.717, 1.165) is 87.8 Å². The lowest BCUT2D eigenvalue weighted by atomic mass is 9.84. The number of nitrogens with zero attached hydrogens (tertiary/aromatic N) is 8. The zero-order chi connectivity index (χ0) is 43.0. The average Bonchev–Trinajstić information content (AvgIpc) is 4.15. The first-order chi connectivity index (χ1) is 28.6. The summed E-state index contributed by atoms with van der Waals surface area (Å²) < 4.78 is 77.2. The first-order valence-electron chi connectivity index (χ1n) is 19.0. The van der Waals surface area contributed by atoms with E-state index in [9.17, 15) is 26.3 Å². The Morgan fingerprint density at radius 3 is 1.45 bits per heavy atom. The fourth-order valence-electron chi connectivity index (χ4n) is 6.07. The van der Waals surface area contributed by atoms with Crippen LogP contribution in [0.2, 0.25) is 5.82 Å². The minimum atomic E-state index is -4.35. The fraction of sp³-hybridized carbons (Fsp3) is 0.350. The molecule has 0 radical (unpaired) electrons. The van der Waals surface area contributed by atoms with Crippen LogP contribution >= 0.6 is 15.9 Å². The maximum absolute atomic E-state index is 12.8. The highest BCUT2D eigenvalue weighted by atomic mass is 79.9. The molecule has 0 atom stereocenters. The maximum Gasteiger partial charge on any atom is 0.454 e. The molecule has 0 aliphatic heterocycles. The van der Waals surface area contributed by atoms with Crippen LogP contribution in [0.15, 0.2) is 89.4 Å². The second-order valence-corrected chi connectivity index (χ2v) is 15.3. The number of benzene rings is 4. The second-order valence-electron chi connectivity index (χ2n) is 14.4. The molecule has 60 heavy (non-hydrogen) atoms. The van der Waals surface area contributed by atoms with Crippen LogP contribution in [0.25, 0.3) is 22.8 Å². The number of tetrazole rings is 2. The van der Waals surface area contributed by atoms with Crippen LogP contribution in [-0.4, -0.2) is 81.0 Å². The summed E-state index contributed by atoms with van der Waals surface area (Å²) in [7, 11) is -1.04.